The van der Waals surface area contributed by atoms with E-state index >= 15 is 0 Å². The minimum absolute atomic E-state index is 0.0507. The lowest BCUT2D eigenvalue weighted by Gasteiger charge is -2.30. The Balaban J connectivity index is 1.18. The standard InChI is InChI=1S/C32H27BrN6O3/c33-23-14-8-15-24(18-23)38-31(41)28-30(32(38)42)37(36-34-28)19-26(40)39-29(21-11-5-2-6-12-21)25-16-7-13-22(27(25)35-39)17-20-9-3-1-4-10-20/h1-6,8-12,14-15,17-18,25,28-30H,7,13,16,19H2. The molecule has 0 spiro atoms. The molecule has 1 saturated carbocycles. The zero-order valence-corrected chi connectivity index (χ0v) is 24.2. The molecule has 1 aliphatic carbocycles. The number of hydrogen-bond donors (Lipinski definition) is 0. The van der Waals surface area contributed by atoms with E-state index in [1.54, 1.807) is 23.2 Å². The van der Waals surface area contributed by atoms with Crippen molar-refractivity contribution in [1.82, 2.24) is 10.0 Å². The summed E-state index contributed by atoms with van der Waals surface area (Å²) in [6.07, 6.45) is 4.97. The van der Waals surface area contributed by atoms with E-state index < -0.39 is 23.9 Å². The van der Waals surface area contributed by atoms with Gasteiger partial charge in [0.25, 0.3) is 17.7 Å². The Morgan fingerprint density at radius 1 is 0.929 bits per heavy atom. The number of hydrazone groups is 1. The van der Waals surface area contributed by atoms with Crippen LogP contribution in [0.2, 0.25) is 0 Å². The number of carbonyl (C=O) groups is 3. The van der Waals surface area contributed by atoms with Gasteiger partial charge in [-0.2, -0.15) is 10.2 Å². The molecule has 4 aliphatic rings. The van der Waals surface area contributed by atoms with E-state index in [9.17, 15) is 14.4 Å². The average Bonchev–Trinajstić information content (AvgIpc) is 3.67. The maximum Gasteiger partial charge on any atom is 0.264 e. The third kappa shape index (κ3) is 4.56. The lowest BCUT2D eigenvalue weighted by molar-refractivity contribution is -0.136. The maximum atomic E-state index is 14.0. The second-order valence-corrected chi connectivity index (χ2v) is 11.8. The van der Waals surface area contributed by atoms with Crippen molar-refractivity contribution in [2.75, 3.05) is 11.4 Å². The third-order valence-electron chi connectivity index (χ3n) is 8.26. The first-order valence-electron chi connectivity index (χ1n) is 14.0. The Labute approximate surface area is 251 Å². The van der Waals surface area contributed by atoms with E-state index in [4.69, 9.17) is 5.10 Å². The molecule has 7 rings (SSSR count). The highest BCUT2D eigenvalue weighted by atomic mass is 79.9. The largest absolute Gasteiger partial charge is 0.271 e. The Hall–Kier alpha value is -4.44. The van der Waals surface area contributed by atoms with Crippen LogP contribution in [-0.4, -0.2) is 52.1 Å². The normalized spacial score (nSPS) is 25.7. The van der Waals surface area contributed by atoms with Crippen LogP contribution in [0.4, 0.5) is 5.69 Å². The summed E-state index contributed by atoms with van der Waals surface area (Å²) in [6.45, 7) is -0.222. The predicted octanol–water partition coefficient (Wildman–Crippen LogP) is 5.57. The minimum atomic E-state index is -0.984. The topological polar surface area (TPSA) is 98.0 Å². The highest BCUT2D eigenvalue weighted by molar-refractivity contribution is 9.10. The van der Waals surface area contributed by atoms with Crippen molar-refractivity contribution in [3.05, 3.63) is 106 Å². The Morgan fingerprint density at radius 2 is 1.69 bits per heavy atom. The van der Waals surface area contributed by atoms with Gasteiger partial charge in [0.05, 0.1) is 17.4 Å². The Morgan fingerprint density at radius 3 is 2.45 bits per heavy atom. The summed E-state index contributed by atoms with van der Waals surface area (Å²) in [6, 6.07) is 24.8. The number of nitrogens with zero attached hydrogens (tertiary/aromatic N) is 6. The summed E-state index contributed by atoms with van der Waals surface area (Å²) in [5.74, 6) is -1.15. The van der Waals surface area contributed by atoms with Crippen LogP contribution in [-0.2, 0) is 14.4 Å². The monoisotopic (exact) mass is 622 g/mol. The van der Waals surface area contributed by atoms with Gasteiger partial charge in [0, 0.05) is 10.4 Å². The second kappa shape index (κ2) is 10.8. The van der Waals surface area contributed by atoms with Crippen LogP contribution in [0.1, 0.15) is 36.4 Å². The number of fused-ring (bicyclic) bond motifs is 2. The molecule has 3 amide bonds. The number of allylic oxidation sites excluding steroid dienone is 1. The predicted molar refractivity (Wildman–Crippen MR) is 161 cm³/mol. The van der Waals surface area contributed by atoms with Crippen molar-refractivity contribution < 1.29 is 14.4 Å². The van der Waals surface area contributed by atoms with Crippen molar-refractivity contribution in [1.29, 1.82) is 0 Å². The molecule has 3 heterocycles. The van der Waals surface area contributed by atoms with Crippen molar-refractivity contribution in [2.45, 2.75) is 37.4 Å². The number of benzene rings is 3. The fourth-order valence-corrected chi connectivity index (χ4v) is 6.76. The second-order valence-electron chi connectivity index (χ2n) is 10.8. The summed E-state index contributed by atoms with van der Waals surface area (Å²) in [7, 11) is 0. The number of halogens is 1. The Kier molecular flexibility index (Phi) is 6.78. The number of rotatable bonds is 5. The van der Waals surface area contributed by atoms with E-state index in [2.05, 4.69) is 44.5 Å². The molecule has 3 aromatic carbocycles. The zero-order valence-electron chi connectivity index (χ0n) is 22.6. The van der Waals surface area contributed by atoms with E-state index in [-0.39, 0.29) is 24.4 Å². The first-order valence-corrected chi connectivity index (χ1v) is 14.8. The quantitative estimate of drug-likeness (QED) is 0.348. The lowest BCUT2D eigenvalue weighted by Crippen LogP contribution is -2.45. The van der Waals surface area contributed by atoms with Gasteiger partial charge in [-0.15, -0.1) is 0 Å². The average molecular weight is 624 g/mol. The molecule has 0 aromatic heterocycles. The first kappa shape index (κ1) is 26.5. The SMILES string of the molecule is O=C1C2N=NN(CC(=O)N3N=C4C(=Cc5ccccc5)CCCC4C3c3ccccc3)C2C(=O)N1c1cccc(Br)c1. The molecular weight excluding hydrogens is 596 g/mol. The van der Waals surface area contributed by atoms with Gasteiger partial charge in [-0.05, 0) is 60.2 Å². The number of anilines is 1. The van der Waals surface area contributed by atoms with Gasteiger partial charge < -0.3 is 0 Å². The van der Waals surface area contributed by atoms with Crippen molar-refractivity contribution in [2.24, 2.45) is 21.4 Å². The number of imide groups is 1. The third-order valence-corrected chi connectivity index (χ3v) is 8.75. The molecule has 3 aromatic rings. The van der Waals surface area contributed by atoms with Crippen LogP contribution in [0.5, 0.6) is 0 Å². The Bertz CT molecular complexity index is 1660. The molecule has 1 saturated heterocycles. The molecule has 0 radical (unpaired) electrons. The van der Waals surface area contributed by atoms with E-state index in [1.807, 2.05) is 54.6 Å². The van der Waals surface area contributed by atoms with Gasteiger partial charge in [0.15, 0.2) is 12.1 Å². The van der Waals surface area contributed by atoms with Gasteiger partial charge in [0.1, 0.15) is 6.54 Å². The minimum Gasteiger partial charge on any atom is -0.271 e. The fraction of sp³-hybridized carbons (Fsp3) is 0.250. The summed E-state index contributed by atoms with van der Waals surface area (Å²) >= 11 is 3.40. The van der Waals surface area contributed by atoms with Crippen LogP contribution >= 0.6 is 15.9 Å². The van der Waals surface area contributed by atoms with Crippen molar-refractivity contribution in [3.63, 3.8) is 0 Å². The molecule has 210 valence electrons. The van der Waals surface area contributed by atoms with Crippen molar-refractivity contribution >= 4 is 51.1 Å². The molecule has 42 heavy (non-hydrogen) atoms. The smallest absolute Gasteiger partial charge is 0.264 e. The molecule has 9 nitrogen and oxygen atoms in total. The number of hydrogen-bond acceptors (Lipinski definition) is 7. The van der Waals surface area contributed by atoms with Gasteiger partial charge in [-0.25, -0.2) is 9.91 Å². The lowest BCUT2D eigenvalue weighted by atomic mass is 9.77. The highest BCUT2D eigenvalue weighted by Gasteiger charge is 2.55. The molecule has 2 fully saturated rings. The molecule has 0 N–H and O–H groups in total. The number of carbonyl (C=O) groups excluding carboxylic acids is 3. The molecule has 0 bridgehead atoms. The van der Waals surface area contributed by atoms with Gasteiger partial charge in [-0.1, -0.05) is 87.9 Å². The summed E-state index contributed by atoms with van der Waals surface area (Å²) in [4.78, 5) is 41.8. The first-order chi connectivity index (χ1) is 20.5. The van der Waals surface area contributed by atoms with Crippen LogP contribution in [0.25, 0.3) is 6.08 Å². The highest BCUT2D eigenvalue weighted by Crippen LogP contribution is 2.44. The summed E-state index contributed by atoms with van der Waals surface area (Å²) in [5, 5.41) is 16.1. The molecular formula is C32H27BrN6O3. The molecule has 4 unspecified atom stereocenters. The summed E-state index contributed by atoms with van der Waals surface area (Å²) in [5.41, 5.74) is 4.62. The van der Waals surface area contributed by atoms with Gasteiger partial charge in [0.2, 0.25) is 0 Å². The van der Waals surface area contributed by atoms with E-state index in [1.165, 1.54) is 5.01 Å². The number of amides is 3. The van der Waals surface area contributed by atoms with Crippen LogP contribution in [0.15, 0.2) is 110 Å². The van der Waals surface area contributed by atoms with Crippen molar-refractivity contribution in [3.8, 4) is 0 Å². The van der Waals surface area contributed by atoms with Gasteiger partial charge >= 0.3 is 0 Å². The van der Waals surface area contributed by atoms with Crippen LogP contribution < -0.4 is 4.90 Å². The molecule has 10 heteroatoms. The maximum absolute atomic E-state index is 14.0. The summed E-state index contributed by atoms with van der Waals surface area (Å²) < 4.78 is 0.744. The van der Waals surface area contributed by atoms with Gasteiger partial charge in [-0.3, -0.25) is 19.4 Å². The van der Waals surface area contributed by atoms with Crippen LogP contribution in [0, 0.1) is 5.92 Å². The molecule has 3 aliphatic heterocycles. The van der Waals surface area contributed by atoms with E-state index in [0.717, 1.165) is 51.0 Å². The fourth-order valence-electron chi connectivity index (χ4n) is 6.38. The van der Waals surface area contributed by atoms with E-state index in [0.29, 0.717) is 5.69 Å². The van der Waals surface area contributed by atoms with Crippen LogP contribution in [0.3, 0.4) is 0 Å². The zero-order chi connectivity index (χ0) is 28.8. The molecule has 4 atom stereocenters.